The van der Waals surface area contributed by atoms with Crippen molar-refractivity contribution in [2.75, 3.05) is 0 Å². The van der Waals surface area contributed by atoms with E-state index in [-0.39, 0.29) is 42.3 Å². The van der Waals surface area contributed by atoms with Gasteiger partial charge in [-0.25, -0.2) is 0 Å². The van der Waals surface area contributed by atoms with Gasteiger partial charge in [0.05, 0.1) is 11.7 Å². The molecule has 1 aliphatic heterocycles. The highest BCUT2D eigenvalue weighted by Gasteiger charge is 2.58. The third-order valence-electron chi connectivity index (χ3n) is 7.47. The van der Waals surface area contributed by atoms with Gasteiger partial charge in [-0.15, -0.1) is 0 Å². The topological polar surface area (TPSA) is 117 Å². The minimum absolute atomic E-state index is 0.0936. The molecule has 0 bridgehead atoms. The predicted octanol–water partition coefficient (Wildman–Crippen LogP) is 1.98. The third kappa shape index (κ3) is 4.17. The molecule has 35 heavy (non-hydrogen) atoms. The summed E-state index contributed by atoms with van der Waals surface area (Å²) < 4.78 is 41.2. The summed E-state index contributed by atoms with van der Waals surface area (Å²) in [5.41, 5.74) is -2.07. The van der Waals surface area contributed by atoms with Gasteiger partial charge in [-0.05, 0) is 44.1 Å². The van der Waals surface area contributed by atoms with Crippen LogP contribution in [0.5, 0.6) is 0 Å². The molecule has 3 aliphatic rings. The number of aliphatic hydroxyl groups is 1. The van der Waals surface area contributed by atoms with Crippen LogP contribution in [0.2, 0.25) is 0 Å². The number of Topliss-reactive ketones (excluding diaryl/α,β-unsaturated/α-hetero) is 1. The monoisotopic (exact) mass is 493 g/mol. The molecule has 2 aromatic rings. The number of nitrogens with zero attached hydrogens (tertiary/aromatic N) is 4. The summed E-state index contributed by atoms with van der Waals surface area (Å²) in [6, 6.07) is -0.0608. The highest BCUT2D eigenvalue weighted by atomic mass is 19.4. The fraction of sp³-hybridized carbons (Fsp3) is 0.609. The van der Waals surface area contributed by atoms with Crippen LogP contribution >= 0.6 is 0 Å². The Hall–Kier alpha value is -3.02. The molecule has 12 heteroatoms. The normalized spacial score (nSPS) is 30.3. The zero-order valence-electron chi connectivity index (χ0n) is 19.1. The number of carbonyl (C=O) groups excluding carboxylic acids is 3. The van der Waals surface area contributed by atoms with Crippen LogP contribution in [-0.4, -0.2) is 72.3 Å². The smallest absolute Gasteiger partial charge is 0.380 e. The Balaban J connectivity index is 1.31. The number of nitrogens with one attached hydrogen (secondary N) is 1. The van der Waals surface area contributed by atoms with E-state index in [4.69, 9.17) is 0 Å². The highest BCUT2D eigenvalue weighted by molar-refractivity contribution is 6.04. The molecule has 0 radical (unpaired) electrons. The first-order chi connectivity index (χ1) is 16.5. The zero-order chi connectivity index (χ0) is 25.1. The number of alkyl halides is 3. The van der Waals surface area contributed by atoms with E-state index in [9.17, 15) is 32.7 Å². The Morgan fingerprint density at radius 3 is 2.77 bits per heavy atom. The maximum atomic E-state index is 13.3. The Morgan fingerprint density at radius 2 is 2.06 bits per heavy atom. The lowest BCUT2D eigenvalue weighted by Crippen LogP contribution is -2.56. The van der Waals surface area contributed by atoms with Crippen molar-refractivity contribution in [3.63, 3.8) is 0 Å². The minimum Gasteiger partial charge on any atom is -0.380 e. The second-order valence-electron chi connectivity index (χ2n) is 9.90. The first kappa shape index (κ1) is 23.7. The average Bonchev–Trinajstić information content (AvgIpc) is 3.28. The van der Waals surface area contributed by atoms with Crippen molar-refractivity contribution >= 4 is 28.5 Å². The van der Waals surface area contributed by atoms with E-state index in [0.717, 1.165) is 6.42 Å². The van der Waals surface area contributed by atoms with E-state index in [1.807, 2.05) is 0 Å². The van der Waals surface area contributed by atoms with Gasteiger partial charge < -0.3 is 15.3 Å². The number of piperidine rings is 1. The molecule has 1 saturated heterocycles. The quantitative estimate of drug-likeness (QED) is 0.616. The van der Waals surface area contributed by atoms with Gasteiger partial charge in [-0.2, -0.15) is 18.3 Å². The second kappa shape index (κ2) is 8.28. The molecule has 9 nitrogen and oxygen atoms in total. The van der Waals surface area contributed by atoms with E-state index in [1.54, 1.807) is 6.07 Å². The molecule has 2 unspecified atom stereocenters. The van der Waals surface area contributed by atoms with Crippen LogP contribution in [0.15, 0.2) is 18.5 Å². The number of fused-ring (bicyclic) bond motifs is 2. The molecule has 5 atom stereocenters. The number of ketones is 1. The lowest BCUT2D eigenvalue weighted by Gasteiger charge is -2.39. The van der Waals surface area contributed by atoms with E-state index in [0.29, 0.717) is 23.7 Å². The molecule has 0 aromatic carbocycles. The zero-order valence-corrected chi connectivity index (χ0v) is 19.1. The first-order valence-corrected chi connectivity index (χ1v) is 11.7. The number of hydrogen-bond acceptors (Lipinski definition) is 6. The SMILES string of the molecule is CC(=O)c1nn(CC(=O)N2[C@@H]3C[C@@H]3C[C@H]2C(=O)NC2CCCC(O)(C(F)(F)F)C2)c2cnccc12. The summed E-state index contributed by atoms with van der Waals surface area (Å²) in [7, 11) is 0. The van der Waals surface area contributed by atoms with Crippen molar-refractivity contribution in [2.45, 2.75) is 81.9 Å². The highest BCUT2D eigenvalue weighted by Crippen LogP contribution is 2.48. The van der Waals surface area contributed by atoms with Gasteiger partial charge in [-0.3, -0.25) is 24.0 Å². The van der Waals surface area contributed by atoms with Crippen LogP contribution in [0.4, 0.5) is 13.2 Å². The number of amides is 2. The standard InChI is InChI=1S/C23H26F3N5O4/c1-12(32)20-15-4-6-27-10-18(15)30(29-20)11-19(33)31-16-7-13(16)8-17(31)21(34)28-14-3-2-5-22(35,9-14)23(24,25)26/h4,6,10,13-14,16-17,35H,2-3,5,7-9,11H2,1H3,(H,28,34)/t13-,14?,16-,17+,22?/m1/s1. The van der Waals surface area contributed by atoms with Crippen LogP contribution in [0.25, 0.3) is 10.9 Å². The van der Waals surface area contributed by atoms with Crippen LogP contribution in [-0.2, 0) is 16.1 Å². The van der Waals surface area contributed by atoms with Crippen LogP contribution in [0.1, 0.15) is 55.9 Å². The van der Waals surface area contributed by atoms with E-state index in [2.05, 4.69) is 15.4 Å². The summed E-state index contributed by atoms with van der Waals surface area (Å²) in [5, 5.41) is 17.6. The fourth-order valence-electron chi connectivity index (χ4n) is 5.59. The van der Waals surface area contributed by atoms with Gasteiger partial charge >= 0.3 is 6.18 Å². The van der Waals surface area contributed by atoms with Gasteiger partial charge in [0.15, 0.2) is 11.4 Å². The van der Waals surface area contributed by atoms with Crippen LogP contribution < -0.4 is 5.32 Å². The Bertz CT molecular complexity index is 1200. The van der Waals surface area contributed by atoms with E-state index in [1.165, 1.54) is 28.9 Å². The second-order valence-corrected chi connectivity index (χ2v) is 9.90. The number of rotatable bonds is 5. The maximum absolute atomic E-state index is 13.3. The minimum atomic E-state index is -4.77. The number of pyridine rings is 1. The predicted molar refractivity (Wildman–Crippen MR) is 116 cm³/mol. The number of carbonyl (C=O) groups is 3. The summed E-state index contributed by atoms with van der Waals surface area (Å²) in [6.07, 6.45) is -1.04. The molecule has 2 amide bonds. The van der Waals surface area contributed by atoms with Gasteiger partial charge in [0, 0.05) is 37.0 Å². The van der Waals surface area contributed by atoms with Gasteiger partial charge in [-0.1, -0.05) is 0 Å². The lowest BCUT2D eigenvalue weighted by atomic mass is 9.81. The van der Waals surface area contributed by atoms with Crippen molar-refractivity contribution in [3.8, 4) is 0 Å². The molecule has 188 valence electrons. The number of halogens is 3. The van der Waals surface area contributed by atoms with Crippen molar-refractivity contribution in [3.05, 3.63) is 24.2 Å². The molecule has 2 saturated carbocycles. The number of aromatic nitrogens is 3. The van der Waals surface area contributed by atoms with E-state index < -0.39 is 42.6 Å². The fourth-order valence-corrected chi connectivity index (χ4v) is 5.59. The molecule has 0 spiro atoms. The first-order valence-electron chi connectivity index (χ1n) is 11.7. The lowest BCUT2D eigenvalue weighted by molar-refractivity contribution is -0.271. The molecular weight excluding hydrogens is 467 g/mol. The Labute approximate surface area is 198 Å². The van der Waals surface area contributed by atoms with Crippen molar-refractivity contribution in [2.24, 2.45) is 5.92 Å². The molecule has 3 fully saturated rings. The van der Waals surface area contributed by atoms with Gasteiger partial charge in [0.2, 0.25) is 11.8 Å². The molecular formula is C23H26F3N5O4. The Morgan fingerprint density at radius 1 is 1.29 bits per heavy atom. The van der Waals surface area contributed by atoms with Gasteiger partial charge in [0.25, 0.3) is 0 Å². The summed E-state index contributed by atoms with van der Waals surface area (Å²) in [4.78, 5) is 43.9. The maximum Gasteiger partial charge on any atom is 0.417 e. The van der Waals surface area contributed by atoms with Crippen LogP contribution in [0.3, 0.4) is 0 Å². The summed E-state index contributed by atoms with van der Waals surface area (Å²) in [6.45, 7) is 1.19. The average molecular weight is 493 g/mol. The number of likely N-dealkylation sites (tertiary alicyclic amines) is 1. The van der Waals surface area contributed by atoms with Gasteiger partial charge in [0.1, 0.15) is 18.3 Å². The molecule has 2 aromatic heterocycles. The molecule has 3 heterocycles. The summed E-state index contributed by atoms with van der Waals surface area (Å²) >= 11 is 0. The molecule has 2 N–H and O–H groups in total. The number of hydrogen-bond donors (Lipinski definition) is 2. The van der Waals surface area contributed by atoms with Crippen molar-refractivity contribution in [1.29, 1.82) is 0 Å². The largest absolute Gasteiger partial charge is 0.417 e. The van der Waals surface area contributed by atoms with Crippen LogP contribution in [0, 0.1) is 5.92 Å². The molecule has 2 aliphatic carbocycles. The Kier molecular flexibility index (Phi) is 5.61. The summed E-state index contributed by atoms with van der Waals surface area (Å²) in [5.74, 6) is -0.927. The van der Waals surface area contributed by atoms with Crippen molar-refractivity contribution in [1.82, 2.24) is 25.0 Å². The third-order valence-corrected chi connectivity index (χ3v) is 7.47. The van der Waals surface area contributed by atoms with E-state index >= 15 is 0 Å². The van der Waals surface area contributed by atoms with Crippen molar-refractivity contribution < 1.29 is 32.7 Å². The molecule has 5 rings (SSSR count).